The number of methoxy groups -OCH3 is 1. The fourth-order valence-electron chi connectivity index (χ4n) is 4.02. The van der Waals surface area contributed by atoms with Gasteiger partial charge in [-0.15, -0.1) is 0 Å². The first-order valence-corrected chi connectivity index (χ1v) is 10.0. The van der Waals surface area contributed by atoms with Crippen LogP contribution >= 0.6 is 0 Å². The number of carbonyl (C=O) groups is 2. The molecule has 0 spiro atoms. The van der Waals surface area contributed by atoms with Crippen molar-refractivity contribution in [3.05, 3.63) is 29.6 Å². The Morgan fingerprint density at radius 1 is 1.18 bits per heavy atom. The first kappa shape index (κ1) is 20.6. The number of amides is 2. The molecule has 7 heteroatoms. The molecule has 0 bridgehead atoms. The number of nitrogens with zero attached hydrogens (tertiary/aromatic N) is 3. The number of halogens is 1. The van der Waals surface area contributed by atoms with Gasteiger partial charge in [-0.3, -0.25) is 14.5 Å². The molecule has 0 aromatic heterocycles. The Bertz CT molecular complexity index is 717. The number of ether oxygens (including phenoxy) is 1. The van der Waals surface area contributed by atoms with Crippen LogP contribution < -0.4 is 4.74 Å². The summed E-state index contributed by atoms with van der Waals surface area (Å²) in [5, 5.41) is 0. The summed E-state index contributed by atoms with van der Waals surface area (Å²) in [5.41, 5.74) is 0.891. The van der Waals surface area contributed by atoms with Gasteiger partial charge in [0.05, 0.1) is 7.11 Å². The molecule has 1 unspecified atom stereocenters. The molecule has 2 heterocycles. The summed E-state index contributed by atoms with van der Waals surface area (Å²) in [6.07, 6.45) is 1.64. The minimum absolute atomic E-state index is 0.0658. The van der Waals surface area contributed by atoms with Crippen molar-refractivity contribution in [1.29, 1.82) is 0 Å². The first-order chi connectivity index (χ1) is 13.4. The smallest absolute Gasteiger partial charge is 0.245 e. The number of piperazine rings is 1. The van der Waals surface area contributed by atoms with E-state index in [2.05, 4.69) is 4.90 Å². The van der Waals surface area contributed by atoms with Gasteiger partial charge >= 0.3 is 0 Å². The van der Waals surface area contributed by atoms with Gasteiger partial charge in [0.25, 0.3) is 0 Å². The second-order valence-electron chi connectivity index (χ2n) is 7.91. The molecule has 2 saturated heterocycles. The summed E-state index contributed by atoms with van der Waals surface area (Å²) in [5.74, 6) is -0.0611. The van der Waals surface area contributed by atoms with Crippen molar-refractivity contribution < 1.29 is 18.7 Å². The largest absolute Gasteiger partial charge is 0.494 e. The standard InChI is InChI=1S/C21H30FN3O3/c1-15(2)20(26)25-8-4-5-18(25)21(27)24-11-9-23(10-12-24)14-16-6-7-19(28-3)17(22)13-16/h6-7,13,15,18H,4-5,8-12,14H2,1-3H3. The summed E-state index contributed by atoms with van der Waals surface area (Å²) in [6, 6.07) is 4.71. The van der Waals surface area contributed by atoms with Gasteiger partial charge in [-0.1, -0.05) is 19.9 Å². The summed E-state index contributed by atoms with van der Waals surface area (Å²) in [7, 11) is 1.45. The van der Waals surface area contributed by atoms with Crippen LogP contribution in [0.3, 0.4) is 0 Å². The molecule has 6 nitrogen and oxygen atoms in total. The molecule has 2 aliphatic rings. The Labute approximate surface area is 166 Å². The third-order valence-corrected chi connectivity index (χ3v) is 5.62. The third kappa shape index (κ3) is 4.46. The van der Waals surface area contributed by atoms with Crippen molar-refractivity contribution in [3.63, 3.8) is 0 Å². The maximum Gasteiger partial charge on any atom is 0.245 e. The number of carbonyl (C=O) groups excluding carboxylic acids is 2. The van der Waals surface area contributed by atoms with E-state index in [4.69, 9.17) is 4.74 Å². The van der Waals surface area contributed by atoms with Gasteiger partial charge in [-0.2, -0.15) is 0 Å². The second-order valence-corrected chi connectivity index (χ2v) is 7.91. The van der Waals surface area contributed by atoms with Gasteiger partial charge < -0.3 is 14.5 Å². The zero-order chi connectivity index (χ0) is 20.3. The van der Waals surface area contributed by atoms with Crippen LogP contribution in [0.4, 0.5) is 4.39 Å². The predicted octanol–water partition coefficient (Wildman–Crippen LogP) is 2.13. The molecule has 0 N–H and O–H groups in total. The minimum Gasteiger partial charge on any atom is -0.494 e. The zero-order valence-electron chi connectivity index (χ0n) is 17.0. The molecular weight excluding hydrogens is 361 g/mol. The van der Waals surface area contributed by atoms with Crippen molar-refractivity contribution in [1.82, 2.24) is 14.7 Å². The fraction of sp³-hybridized carbons (Fsp3) is 0.619. The fourth-order valence-corrected chi connectivity index (χ4v) is 4.02. The van der Waals surface area contributed by atoms with E-state index in [-0.39, 0.29) is 35.3 Å². The third-order valence-electron chi connectivity index (χ3n) is 5.62. The van der Waals surface area contributed by atoms with E-state index < -0.39 is 0 Å². The Morgan fingerprint density at radius 3 is 2.50 bits per heavy atom. The zero-order valence-corrected chi connectivity index (χ0v) is 17.0. The van der Waals surface area contributed by atoms with Crippen LogP contribution in [-0.4, -0.2) is 72.4 Å². The van der Waals surface area contributed by atoms with Crippen LogP contribution in [0.2, 0.25) is 0 Å². The van der Waals surface area contributed by atoms with Crippen LogP contribution in [-0.2, 0) is 16.1 Å². The number of rotatable bonds is 5. The molecule has 28 heavy (non-hydrogen) atoms. The summed E-state index contributed by atoms with van der Waals surface area (Å²) < 4.78 is 18.8. The molecule has 154 valence electrons. The quantitative estimate of drug-likeness (QED) is 0.772. The highest BCUT2D eigenvalue weighted by atomic mass is 19.1. The number of hydrogen-bond acceptors (Lipinski definition) is 4. The van der Waals surface area contributed by atoms with E-state index in [1.54, 1.807) is 11.0 Å². The van der Waals surface area contributed by atoms with E-state index in [9.17, 15) is 14.0 Å². The van der Waals surface area contributed by atoms with Crippen molar-refractivity contribution in [3.8, 4) is 5.75 Å². The minimum atomic E-state index is -0.357. The highest BCUT2D eigenvalue weighted by molar-refractivity contribution is 5.89. The molecule has 0 radical (unpaired) electrons. The van der Waals surface area contributed by atoms with Crippen molar-refractivity contribution >= 4 is 11.8 Å². The Kier molecular flexibility index (Phi) is 6.54. The molecule has 0 saturated carbocycles. The van der Waals surface area contributed by atoms with E-state index in [0.29, 0.717) is 26.2 Å². The molecule has 1 aromatic carbocycles. The normalized spacial score (nSPS) is 20.7. The van der Waals surface area contributed by atoms with Gasteiger partial charge in [0.15, 0.2) is 11.6 Å². The van der Waals surface area contributed by atoms with Gasteiger partial charge in [0, 0.05) is 45.2 Å². The van der Waals surface area contributed by atoms with Crippen LogP contribution in [0.25, 0.3) is 0 Å². The SMILES string of the molecule is COc1ccc(CN2CCN(C(=O)C3CCCN3C(=O)C(C)C)CC2)cc1F. The lowest BCUT2D eigenvalue weighted by Gasteiger charge is -2.37. The molecule has 2 fully saturated rings. The van der Waals surface area contributed by atoms with Crippen molar-refractivity contribution in [2.75, 3.05) is 39.8 Å². The van der Waals surface area contributed by atoms with Crippen molar-refractivity contribution in [2.24, 2.45) is 5.92 Å². The Morgan fingerprint density at radius 2 is 1.89 bits per heavy atom. The van der Waals surface area contributed by atoms with Crippen LogP contribution in [0.15, 0.2) is 18.2 Å². The summed E-state index contributed by atoms with van der Waals surface area (Å²) in [6.45, 7) is 7.83. The van der Waals surface area contributed by atoms with E-state index in [1.165, 1.54) is 13.2 Å². The highest BCUT2D eigenvalue weighted by Crippen LogP contribution is 2.23. The van der Waals surface area contributed by atoms with Gasteiger partial charge in [-0.25, -0.2) is 4.39 Å². The van der Waals surface area contributed by atoms with E-state index in [1.807, 2.05) is 24.8 Å². The molecule has 2 aliphatic heterocycles. The predicted molar refractivity (Wildman–Crippen MR) is 104 cm³/mol. The van der Waals surface area contributed by atoms with Gasteiger partial charge in [0.2, 0.25) is 11.8 Å². The molecule has 1 aromatic rings. The van der Waals surface area contributed by atoms with E-state index >= 15 is 0 Å². The Hall–Kier alpha value is -2.15. The average molecular weight is 391 g/mol. The van der Waals surface area contributed by atoms with Gasteiger partial charge in [-0.05, 0) is 30.5 Å². The van der Waals surface area contributed by atoms with E-state index in [0.717, 1.165) is 31.5 Å². The maximum absolute atomic E-state index is 13.9. The second kappa shape index (κ2) is 8.90. The monoisotopic (exact) mass is 391 g/mol. The molecular formula is C21H30FN3O3. The van der Waals surface area contributed by atoms with Crippen LogP contribution in [0, 0.1) is 11.7 Å². The van der Waals surface area contributed by atoms with Crippen LogP contribution in [0.5, 0.6) is 5.75 Å². The number of benzene rings is 1. The number of likely N-dealkylation sites (tertiary alicyclic amines) is 1. The lowest BCUT2D eigenvalue weighted by atomic mass is 10.1. The maximum atomic E-state index is 13.9. The lowest BCUT2D eigenvalue weighted by molar-refractivity contribution is -0.146. The van der Waals surface area contributed by atoms with Gasteiger partial charge in [0.1, 0.15) is 6.04 Å². The first-order valence-electron chi connectivity index (χ1n) is 10.0. The van der Waals surface area contributed by atoms with Crippen molar-refractivity contribution in [2.45, 2.75) is 39.3 Å². The lowest BCUT2D eigenvalue weighted by Crippen LogP contribution is -2.54. The average Bonchev–Trinajstić information content (AvgIpc) is 3.17. The topological polar surface area (TPSA) is 53.1 Å². The molecule has 1 atom stereocenters. The molecule has 2 amide bonds. The molecule has 0 aliphatic carbocycles. The van der Waals surface area contributed by atoms with Crippen LogP contribution in [0.1, 0.15) is 32.3 Å². The summed E-state index contributed by atoms with van der Waals surface area (Å²) >= 11 is 0. The molecule has 3 rings (SSSR count). The Balaban J connectivity index is 1.54. The summed E-state index contributed by atoms with van der Waals surface area (Å²) in [4.78, 5) is 31.2. The number of hydrogen-bond donors (Lipinski definition) is 0. The highest BCUT2D eigenvalue weighted by Gasteiger charge is 2.37.